The Labute approximate surface area is 126 Å². The van der Waals surface area contributed by atoms with Crippen molar-refractivity contribution in [2.24, 2.45) is 0 Å². The number of carbonyl (C=O) groups excluding carboxylic acids is 1. The van der Waals surface area contributed by atoms with Crippen LogP contribution in [-0.4, -0.2) is 22.2 Å². The number of carbonyl (C=O) groups is 1. The van der Waals surface area contributed by atoms with Gasteiger partial charge in [0.2, 0.25) is 0 Å². The summed E-state index contributed by atoms with van der Waals surface area (Å²) in [5.74, 6) is 0.00835. The second kappa shape index (κ2) is 5.39. The number of benzene rings is 2. The number of hydrogen-bond acceptors (Lipinski definition) is 3. The highest BCUT2D eigenvalue weighted by atomic mass is 35.5. The number of ether oxygens (including phenoxy) is 1. The van der Waals surface area contributed by atoms with Crippen LogP contribution in [0.2, 0.25) is 5.02 Å². The molecule has 0 fully saturated rings. The quantitative estimate of drug-likeness (QED) is 0.596. The van der Waals surface area contributed by atoms with Crippen LogP contribution in [0.1, 0.15) is 6.92 Å². The second-order valence-corrected chi connectivity index (χ2v) is 5.22. The first-order valence-electron chi connectivity index (χ1n) is 6.61. The van der Waals surface area contributed by atoms with E-state index < -0.39 is 5.97 Å². The minimum Gasteiger partial charge on any atom is -0.424 e. The lowest BCUT2D eigenvalue weighted by molar-refractivity contribution is -0.131. The van der Waals surface area contributed by atoms with Crippen molar-refractivity contribution in [2.45, 2.75) is 13.5 Å². The van der Waals surface area contributed by atoms with Crippen LogP contribution in [0.5, 0.6) is 5.75 Å². The molecule has 1 aromatic heterocycles. The maximum atomic E-state index is 11.3. The van der Waals surface area contributed by atoms with Crippen LogP contribution in [0.4, 0.5) is 0 Å². The Hall–Kier alpha value is -2.04. The number of nitrogens with zero attached hydrogens (tertiary/aromatic N) is 1. The van der Waals surface area contributed by atoms with Crippen LogP contribution in [0, 0.1) is 0 Å². The van der Waals surface area contributed by atoms with E-state index in [1.807, 2.05) is 34.9 Å². The van der Waals surface area contributed by atoms with Crippen molar-refractivity contribution in [3.05, 3.63) is 41.4 Å². The summed E-state index contributed by atoms with van der Waals surface area (Å²) in [6.45, 7) is 1.77. The molecule has 0 spiro atoms. The molecular formula is C16H14ClNO3. The summed E-state index contributed by atoms with van der Waals surface area (Å²) in [6, 6.07) is 11.3. The average Bonchev–Trinajstić information content (AvgIpc) is 2.74. The van der Waals surface area contributed by atoms with E-state index in [0.717, 1.165) is 21.8 Å². The van der Waals surface area contributed by atoms with Gasteiger partial charge in [0.05, 0.1) is 12.1 Å². The number of fused-ring (bicyclic) bond motifs is 3. The molecule has 21 heavy (non-hydrogen) atoms. The Kier molecular flexibility index (Phi) is 3.57. The van der Waals surface area contributed by atoms with Gasteiger partial charge < -0.3 is 14.4 Å². The number of para-hydroxylation sites is 1. The van der Waals surface area contributed by atoms with Crippen LogP contribution < -0.4 is 4.74 Å². The molecule has 0 saturated carbocycles. The first kappa shape index (κ1) is 13.9. The fourth-order valence-corrected chi connectivity index (χ4v) is 2.89. The van der Waals surface area contributed by atoms with E-state index in [9.17, 15) is 9.90 Å². The number of aliphatic hydroxyl groups excluding tert-OH is 1. The van der Waals surface area contributed by atoms with Gasteiger partial charge in [-0.3, -0.25) is 4.79 Å². The summed E-state index contributed by atoms with van der Waals surface area (Å²) in [4.78, 5) is 11.3. The van der Waals surface area contributed by atoms with E-state index in [1.165, 1.54) is 6.92 Å². The van der Waals surface area contributed by atoms with Crippen molar-refractivity contribution in [2.75, 3.05) is 6.61 Å². The first-order chi connectivity index (χ1) is 10.1. The largest absolute Gasteiger partial charge is 0.424 e. The van der Waals surface area contributed by atoms with Gasteiger partial charge >= 0.3 is 5.97 Å². The SMILES string of the molecule is CC(=O)Oc1cc(Cl)cc2c3ccccc3n(CCO)c12. The van der Waals surface area contributed by atoms with Crippen LogP contribution >= 0.6 is 11.6 Å². The number of halogens is 1. The molecule has 0 aliphatic carbocycles. The third-order valence-electron chi connectivity index (χ3n) is 3.37. The van der Waals surface area contributed by atoms with Crippen LogP contribution in [0.15, 0.2) is 36.4 Å². The summed E-state index contributed by atoms with van der Waals surface area (Å²) in [5.41, 5.74) is 1.74. The Morgan fingerprint density at radius 1 is 1.29 bits per heavy atom. The first-order valence-corrected chi connectivity index (χ1v) is 6.99. The Bertz CT molecular complexity index is 838. The highest BCUT2D eigenvalue weighted by Gasteiger charge is 2.16. The van der Waals surface area contributed by atoms with Crippen molar-refractivity contribution in [3.63, 3.8) is 0 Å². The predicted molar refractivity (Wildman–Crippen MR) is 82.8 cm³/mol. The van der Waals surface area contributed by atoms with Crippen molar-refractivity contribution in [1.29, 1.82) is 0 Å². The van der Waals surface area contributed by atoms with Crippen molar-refractivity contribution < 1.29 is 14.6 Å². The van der Waals surface area contributed by atoms with Gasteiger partial charge in [-0.2, -0.15) is 0 Å². The smallest absolute Gasteiger partial charge is 0.308 e. The molecule has 0 unspecified atom stereocenters. The van der Waals surface area contributed by atoms with Crippen molar-refractivity contribution in [1.82, 2.24) is 4.57 Å². The van der Waals surface area contributed by atoms with Crippen LogP contribution in [0.3, 0.4) is 0 Å². The zero-order valence-corrected chi connectivity index (χ0v) is 12.2. The molecule has 4 nitrogen and oxygen atoms in total. The third kappa shape index (κ3) is 2.37. The summed E-state index contributed by atoms with van der Waals surface area (Å²) < 4.78 is 7.24. The summed E-state index contributed by atoms with van der Waals surface area (Å²) in [6.07, 6.45) is 0. The maximum Gasteiger partial charge on any atom is 0.308 e. The molecule has 2 aromatic carbocycles. The van der Waals surface area contributed by atoms with Gasteiger partial charge in [0, 0.05) is 40.8 Å². The standard InChI is InChI=1S/C16H14ClNO3/c1-10(20)21-15-9-11(17)8-13-12-4-2-3-5-14(12)18(6-7-19)16(13)15/h2-5,8-9,19H,6-7H2,1H3. The second-order valence-electron chi connectivity index (χ2n) is 4.79. The van der Waals surface area contributed by atoms with Crippen LogP contribution in [0.25, 0.3) is 21.8 Å². The molecule has 1 heterocycles. The van der Waals surface area contributed by atoms with Crippen LogP contribution in [-0.2, 0) is 11.3 Å². The maximum absolute atomic E-state index is 11.3. The summed E-state index contributed by atoms with van der Waals surface area (Å²) in [7, 11) is 0. The molecule has 108 valence electrons. The zero-order chi connectivity index (χ0) is 15.0. The number of rotatable bonds is 3. The summed E-state index contributed by atoms with van der Waals surface area (Å²) >= 11 is 6.14. The van der Waals surface area contributed by atoms with Gasteiger partial charge in [-0.25, -0.2) is 0 Å². The van der Waals surface area contributed by atoms with E-state index in [1.54, 1.807) is 6.07 Å². The monoisotopic (exact) mass is 303 g/mol. The lowest BCUT2D eigenvalue weighted by Gasteiger charge is -2.09. The highest BCUT2D eigenvalue weighted by molar-refractivity contribution is 6.32. The molecule has 1 N–H and O–H groups in total. The zero-order valence-electron chi connectivity index (χ0n) is 11.5. The Morgan fingerprint density at radius 3 is 2.76 bits per heavy atom. The third-order valence-corrected chi connectivity index (χ3v) is 3.59. The Morgan fingerprint density at radius 2 is 2.05 bits per heavy atom. The number of aliphatic hydroxyl groups is 1. The number of hydrogen-bond donors (Lipinski definition) is 1. The molecule has 0 bridgehead atoms. The molecule has 3 rings (SSSR count). The summed E-state index contributed by atoms with van der Waals surface area (Å²) in [5, 5.41) is 11.8. The number of aromatic nitrogens is 1. The topological polar surface area (TPSA) is 51.5 Å². The van der Waals surface area contributed by atoms with Gasteiger partial charge in [0.25, 0.3) is 0 Å². The minimum atomic E-state index is -0.403. The van der Waals surface area contributed by atoms with E-state index in [2.05, 4.69) is 0 Å². The number of esters is 1. The molecule has 0 saturated heterocycles. The minimum absolute atomic E-state index is 0.00406. The van der Waals surface area contributed by atoms with Gasteiger partial charge in [0.15, 0.2) is 5.75 Å². The lowest BCUT2D eigenvalue weighted by Crippen LogP contribution is -2.06. The molecule has 5 heteroatoms. The molecule has 0 aliphatic rings. The van der Waals surface area contributed by atoms with E-state index in [-0.39, 0.29) is 6.61 Å². The van der Waals surface area contributed by atoms with Gasteiger partial charge in [0.1, 0.15) is 0 Å². The van der Waals surface area contributed by atoms with E-state index in [0.29, 0.717) is 17.3 Å². The van der Waals surface area contributed by atoms with Gasteiger partial charge in [-0.1, -0.05) is 29.8 Å². The predicted octanol–water partition coefficient (Wildman–Crippen LogP) is 3.37. The fourth-order valence-electron chi connectivity index (χ4n) is 2.68. The highest BCUT2D eigenvalue weighted by Crippen LogP contribution is 2.37. The molecule has 0 atom stereocenters. The van der Waals surface area contributed by atoms with E-state index in [4.69, 9.17) is 16.3 Å². The molecule has 0 amide bonds. The van der Waals surface area contributed by atoms with Crippen molar-refractivity contribution >= 4 is 39.4 Å². The molecule has 0 radical (unpaired) electrons. The fraction of sp³-hybridized carbons (Fsp3) is 0.188. The molecule has 3 aromatic rings. The normalized spacial score (nSPS) is 11.2. The lowest BCUT2D eigenvalue weighted by atomic mass is 10.1. The van der Waals surface area contributed by atoms with Gasteiger partial charge in [-0.05, 0) is 12.1 Å². The average molecular weight is 304 g/mol. The van der Waals surface area contributed by atoms with Crippen molar-refractivity contribution in [3.8, 4) is 5.75 Å². The molecule has 0 aliphatic heterocycles. The Balaban J connectivity index is 2.44. The van der Waals surface area contributed by atoms with Gasteiger partial charge in [-0.15, -0.1) is 0 Å². The molecular weight excluding hydrogens is 290 g/mol. The van der Waals surface area contributed by atoms with E-state index >= 15 is 0 Å².